The summed E-state index contributed by atoms with van der Waals surface area (Å²) in [7, 11) is 4.20. The van der Waals surface area contributed by atoms with E-state index in [4.69, 9.17) is 5.73 Å². The standard InChI is InChI=1S/C15H28N4/c1-12(2)11-19(9-8-18(4)5)14-6-7-15(13(3)16)17-10-14/h6-7,10,12-13H,8-9,11,16H2,1-5H3/t13-/m0/s1. The van der Waals surface area contributed by atoms with Crippen LogP contribution < -0.4 is 10.6 Å². The molecular formula is C15H28N4. The maximum atomic E-state index is 5.84. The van der Waals surface area contributed by atoms with Crippen molar-refractivity contribution in [1.82, 2.24) is 9.88 Å². The molecule has 0 aliphatic carbocycles. The molecule has 108 valence electrons. The van der Waals surface area contributed by atoms with E-state index in [1.165, 1.54) is 5.69 Å². The van der Waals surface area contributed by atoms with Gasteiger partial charge < -0.3 is 15.5 Å². The highest BCUT2D eigenvalue weighted by Crippen LogP contribution is 2.16. The van der Waals surface area contributed by atoms with Crippen LogP contribution in [0.3, 0.4) is 0 Å². The lowest BCUT2D eigenvalue weighted by atomic mass is 10.2. The molecule has 0 radical (unpaired) electrons. The summed E-state index contributed by atoms with van der Waals surface area (Å²) in [6.07, 6.45) is 1.94. The SMILES string of the molecule is CC(C)CN(CCN(C)C)c1ccc([C@H](C)N)nc1. The van der Waals surface area contributed by atoms with E-state index in [1.54, 1.807) is 0 Å². The zero-order chi connectivity index (χ0) is 14.4. The maximum absolute atomic E-state index is 5.84. The Balaban J connectivity index is 2.77. The molecule has 0 unspecified atom stereocenters. The molecule has 1 rings (SSSR count). The summed E-state index contributed by atoms with van der Waals surface area (Å²) in [5.41, 5.74) is 7.96. The van der Waals surface area contributed by atoms with Gasteiger partial charge in [-0.2, -0.15) is 0 Å². The molecule has 4 heteroatoms. The van der Waals surface area contributed by atoms with Crippen LogP contribution in [0.5, 0.6) is 0 Å². The molecule has 1 heterocycles. The molecule has 0 aliphatic heterocycles. The number of nitrogens with zero attached hydrogens (tertiary/aromatic N) is 3. The summed E-state index contributed by atoms with van der Waals surface area (Å²) in [5, 5.41) is 0. The first-order chi connectivity index (χ1) is 8.90. The largest absolute Gasteiger partial charge is 0.369 e. The number of anilines is 1. The predicted octanol–water partition coefficient (Wildman–Crippen LogP) is 2.13. The molecular weight excluding hydrogens is 236 g/mol. The van der Waals surface area contributed by atoms with Gasteiger partial charge in [0.05, 0.1) is 17.6 Å². The number of nitrogens with two attached hydrogens (primary N) is 1. The number of hydrogen-bond acceptors (Lipinski definition) is 4. The molecule has 0 aromatic carbocycles. The number of rotatable bonds is 7. The molecule has 0 fully saturated rings. The Morgan fingerprint density at radius 1 is 1.16 bits per heavy atom. The highest BCUT2D eigenvalue weighted by molar-refractivity contribution is 5.44. The van der Waals surface area contributed by atoms with E-state index < -0.39 is 0 Å². The fourth-order valence-corrected chi connectivity index (χ4v) is 1.94. The molecule has 19 heavy (non-hydrogen) atoms. The zero-order valence-electron chi connectivity index (χ0n) is 12.9. The van der Waals surface area contributed by atoms with Crippen molar-refractivity contribution in [3.05, 3.63) is 24.0 Å². The highest BCUT2D eigenvalue weighted by atomic mass is 15.2. The lowest BCUT2D eigenvalue weighted by Crippen LogP contribution is -2.34. The molecule has 0 bridgehead atoms. The second-order valence-corrected chi connectivity index (χ2v) is 5.87. The van der Waals surface area contributed by atoms with Gasteiger partial charge in [0, 0.05) is 25.7 Å². The summed E-state index contributed by atoms with van der Waals surface area (Å²) >= 11 is 0. The van der Waals surface area contributed by atoms with E-state index in [0.717, 1.165) is 25.3 Å². The van der Waals surface area contributed by atoms with E-state index in [-0.39, 0.29) is 6.04 Å². The molecule has 0 amide bonds. The Morgan fingerprint density at radius 2 is 1.84 bits per heavy atom. The summed E-state index contributed by atoms with van der Waals surface area (Å²) in [5.74, 6) is 0.635. The lowest BCUT2D eigenvalue weighted by molar-refractivity contribution is 0.409. The van der Waals surface area contributed by atoms with Gasteiger partial charge in [0.2, 0.25) is 0 Å². The first-order valence-corrected chi connectivity index (χ1v) is 7.01. The normalized spacial score (nSPS) is 13.1. The Hall–Kier alpha value is -1.13. The van der Waals surface area contributed by atoms with E-state index in [1.807, 2.05) is 19.2 Å². The number of pyridine rings is 1. The summed E-state index contributed by atoms with van der Waals surface area (Å²) in [6.45, 7) is 9.55. The Kier molecular flexibility index (Phi) is 6.25. The van der Waals surface area contributed by atoms with Gasteiger partial charge in [-0.15, -0.1) is 0 Å². The highest BCUT2D eigenvalue weighted by Gasteiger charge is 2.10. The van der Waals surface area contributed by atoms with Crippen LogP contribution in [0.1, 0.15) is 32.5 Å². The predicted molar refractivity (Wildman–Crippen MR) is 82.4 cm³/mol. The van der Waals surface area contributed by atoms with Crippen molar-refractivity contribution in [1.29, 1.82) is 0 Å². The molecule has 0 saturated heterocycles. The second-order valence-electron chi connectivity index (χ2n) is 5.87. The minimum atomic E-state index is -0.00521. The molecule has 0 spiro atoms. The van der Waals surface area contributed by atoms with Gasteiger partial charge in [-0.1, -0.05) is 13.8 Å². The topological polar surface area (TPSA) is 45.4 Å². The first-order valence-electron chi connectivity index (χ1n) is 7.01. The van der Waals surface area contributed by atoms with Crippen LogP contribution in [-0.4, -0.2) is 43.6 Å². The van der Waals surface area contributed by atoms with Crippen LogP contribution in [0, 0.1) is 5.92 Å². The third kappa shape index (κ3) is 5.57. The third-order valence-electron chi connectivity index (χ3n) is 3.01. The van der Waals surface area contributed by atoms with Gasteiger partial charge in [0.1, 0.15) is 0 Å². The molecule has 2 N–H and O–H groups in total. The molecule has 1 aromatic heterocycles. The van der Waals surface area contributed by atoms with Crippen molar-refractivity contribution in [2.24, 2.45) is 11.7 Å². The van der Waals surface area contributed by atoms with Crippen molar-refractivity contribution in [3.63, 3.8) is 0 Å². The van der Waals surface area contributed by atoms with Crippen molar-refractivity contribution in [2.75, 3.05) is 38.6 Å². The van der Waals surface area contributed by atoms with Gasteiger partial charge in [0.15, 0.2) is 0 Å². The monoisotopic (exact) mass is 264 g/mol. The van der Waals surface area contributed by atoms with Crippen molar-refractivity contribution in [3.8, 4) is 0 Å². The van der Waals surface area contributed by atoms with Gasteiger partial charge in [-0.25, -0.2) is 0 Å². The average Bonchev–Trinajstić information content (AvgIpc) is 2.34. The second kappa shape index (κ2) is 7.46. The van der Waals surface area contributed by atoms with Gasteiger partial charge in [-0.3, -0.25) is 4.98 Å². The van der Waals surface area contributed by atoms with E-state index in [9.17, 15) is 0 Å². The number of aromatic nitrogens is 1. The zero-order valence-corrected chi connectivity index (χ0v) is 12.9. The fourth-order valence-electron chi connectivity index (χ4n) is 1.94. The van der Waals surface area contributed by atoms with Crippen LogP contribution >= 0.6 is 0 Å². The van der Waals surface area contributed by atoms with Crippen molar-refractivity contribution >= 4 is 5.69 Å². The molecule has 1 aromatic rings. The van der Waals surface area contributed by atoms with Crippen LogP contribution in [-0.2, 0) is 0 Å². The van der Waals surface area contributed by atoms with Crippen molar-refractivity contribution < 1.29 is 0 Å². The van der Waals surface area contributed by atoms with Crippen LogP contribution in [0.4, 0.5) is 5.69 Å². The average molecular weight is 264 g/mol. The van der Waals surface area contributed by atoms with E-state index in [2.05, 4.69) is 48.8 Å². The Bertz CT molecular complexity index is 357. The minimum absolute atomic E-state index is 0.00521. The molecule has 1 atom stereocenters. The summed E-state index contributed by atoms with van der Waals surface area (Å²) in [4.78, 5) is 9.05. The fraction of sp³-hybridized carbons (Fsp3) is 0.667. The quantitative estimate of drug-likeness (QED) is 0.819. The minimum Gasteiger partial charge on any atom is -0.369 e. The third-order valence-corrected chi connectivity index (χ3v) is 3.01. The van der Waals surface area contributed by atoms with E-state index in [0.29, 0.717) is 5.92 Å². The van der Waals surface area contributed by atoms with Gasteiger partial charge in [-0.05, 0) is 39.1 Å². The summed E-state index contributed by atoms with van der Waals surface area (Å²) in [6, 6.07) is 4.15. The Morgan fingerprint density at radius 3 is 2.26 bits per heavy atom. The van der Waals surface area contributed by atoms with Gasteiger partial charge >= 0.3 is 0 Å². The first kappa shape index (κ1) is 15.9. The van der Waals surface area contributed by atoms with Crippen LogP contribution in [0.2, 0.25) is 0 Å². The Labute approximate surface area is 117 Å². The van der Waals surface area contributed by atoms with Gasteiger partial charge in [0.25, 0.3) is 0 Å². The molecule has 0 saturated carbocycles. The van der Waals surface area contributed by atoms with Crippen molar-refractivity contribution in [2.45, 2.75) is 26.8 Å². The summed E-state index contributed by atoms with van der Waals surface area (Å²) < 4.78 is 0. The smallest absolute Gasteiger partial charge is 0.0569 e. The van der Waals surface area contributed by atoms with Crippen LogP contribution in [0.15, 0.2) is 18.3 Å². The maximum Gasteiger partial charge on any atom is 0.0569 e. The number of hydrogen-bond donors (Lipinski definition) is 1. The molecule has 4 nitrogen and oxygen atoms in total. The number of likely N-dealkylation sites (N-methyl/N-ethyl adjacent to an activating group) is 1. The lowest BCUT2D eigenvalue weighted by Gasteiger charge is -2.28. The van der Waals surface area contributed by atoms with Crippen LogP contribution in [0.25, 0.3) is 0 Å². The van der Waals surface area contributed by atoms with E-state index >= 15 is 0 Å². The molecule has 0 aliphatic rings.